The zero-order chi connectivity index (χ0) is 14.7. The van der Waals surface area contributed by atoms with Crippen LogP contribution in [0.15, 0.2) is 46.9 Å². The molecule has 0 fully saturated rings. The van der Waals surface area contributed by atoms with E-state index < -0.39 is 0 Å². The van der Waals surface area contributed by atoms with Gasteiger partial charge < -0.3 is 11.1 Å². The normalized spacial score (nSPS) is 11.9. The highest BCUT2D eigenvalue weighted by atomic mass is 79.9. The molecule has 3 nitrogen and oxygen atoms in total. The molecule has 2 aromatic carbocycles. The second kappa shape index (κ2) is 6.09. The van der Waals surface area contributed by atoms with E-state index in [1.165, 1.54) is 0 Å². The molecule has 1 unspecified atom stereocenters. The molecule has 0 heterocycles. The topological polar surface area (TPSA) is 55.1 Å². The summed E-state index contributed by atoms with van der Waals surface area (Å²) in [5, 5.41) is 2.98. The summed E-state index contributed by atoms with van der Waals surface area (Å²) in [6.07, 6.45) is 0. The SMILES string of the molecule is Cc1cc(Br)ccc1C(=O)NC(C)c1ccccc1N. The van der Waals surface area contributed by atoms with Crippen molar-refractivity contribution in [1.82, 2.24) is 5.32 Å². The fourth-order valence-corrected chi connectivity index (χ4v) is 2.61. The first-order valence-electron chi connectivity index (χ1n) is 6.40. The number of carbonyl (C=O) groups excluding carboxylic acids is 1. The van der Waals surface area contributed by atoms with Gasteiger partial charge in [-0.1, -0.05) is 34.1 Å². The number of hydrogen-bond acceptors (Lipinski definition) is 2. The summed E-state index contributed by atoms with van der Waals surface area (Å²) in [4.78, 5) is 12.3. The number of rotatable bonds is 3. The molecule has 0 saturated heterocycles. The Morgan fingerprint density at radius 3 is 2.60 bits per heavy atom. The van der Waals surface area contributed by atoms with Crippen LogP contribution in [0.2, 0.25) is 0 Å². The molecule has 1 amide bonds. The monoisotopic (exact) mass is 332 g/mol. The van der Waals surface area contributed by atoms with Crippen LogP contribution in [0.1, 0.15) is 34.5 Å². The number of nitrogens with two attached hydrogens (primary N) is 1. The fraction of sp³-hybridized carbons (Fsp3) is 0.188. The van der Waals surface area contributed by atoms with Crippen LogP contribution >= 0.6 is 15.9 Å². The van der Waals surface area contributed by atoms with Gasteiger partial charge in [0.25, 0.3) is 5.91 Å². The molecule has 0 spiro atoms. The van der Waals surface area contributed by atoms with Crippen molar-refractivity contribution in [2.45, 2.75) is 19.9 Å². The molecular weight excluding hydrogens is 316 g/mol. The second-order valence-corrected chi connectivity index (χ2v) is 5.70. The van der Waals surface area contributed by atoms with E-state index in [0.29, 0.717) is 11.3 Å². The van der Waals surface area contributed by atoms with E-state index in [9.17, 15) is 4.79 Å². The first kappa shape index (κ1) is 14.6. The van der Waals surface area contributed by atoms with Gasteiger partial charge in [-0.05, 0) is 49.2 Å². The van der Waals surface area contributed by atoms with E-state index >= 15 is 0 Å². The van der Waals surface area contributed by atoms with Crippen molar-refractivity contribution in [2.75, 3.05) is 5.73 Å². The summed E-state index contributed by atoms with van der Waals surface area (Å²) in [5.41, 5.74) is 9.15. The van der Waals surface area contributed by atoms with Crippen molar-refractivity contribution in [3.8, 4) is 0 Å². The molecule has 0 aliphatic rings. The lowest BCUT2D eigenvalue weighted by atomic mass is 10.0. The Balaban J connectivity index is 2.17. The van der Waals surface area contributed by atoms with Crippen LogP contribution in [0, 0.1) is 6.92 Å². The number of carbonyl (C=O) groups is 1. The number of halogens is 1. The molecule has 2 aromatic rings. The highest BCUT2D eigenvalue weighted by Crippen LogP contribution is 2.21. The number of nitrogen functional groups attached to an aromatic ring is 1. The molecule has 1 atom stereocenters. The van der Waals surface area contributed by atoms with Crippen molar-refractivity contribution in [2.24, 2.45) is 0 Å². The summed E-state index contributed by atoms with van der Waals surface area (Å²) >= 11 is 3.39. The highest BCUT2D eigenvalue weighted by molar-refractivity contribution is 9.10. The van der Waals surface area contributed by atoms with E-state index in [1.807, 2.05) is 56.3 Å². The molecule has 3 N–H and O–H groups in total. The van der Waals surface area contributed by atoms with Gasteiger partial charge in [0.05, 0.1) is 6.04 Å². The molecule has 0 aromatic heterocycles. The third-order valence-electron chi connectivity index (χ3n) is 3.24. The number of benzene rings is 2. The predicted molar refractivity (Wildman–Crippen MR) is 85.6 cm³/mol. The van der Waals surface area contributed by atoms with Crippen LogP contribution in [0.25, 0.3) is 0 Å². The number of amides is 1. The number of anilines is 1. The average molecular weight is 333 g/mol. The van der Waals surface area contributed by atoms with Crippen LogP contribution in [0.3, 0.4) is 0 Å². The average Bonchev–Trinajstić information content (AvgIpc) is 2.38. The Labute approximate surface area is 127 Å². The van der Waals surface area contributed by atoms with Gasteiger partial charge in [-0.3, -0.25) is 4.79 Å². The molecule has 4 heteroatoms. The van der Waals surface area contributed by atoms with Gasteiger partial charge in [-0.15, -0.1) is 0 Å². The van der Waals surface area contributed by atoms with Gasteiger partial charge in [0.2, 0.25) is 0 Å². The van der Waals surface area contributed by atoms with Gasteiger partial charge >= 0.3 is 0 Å². The lowest BCUT2D eigenvalue weighted by molar-refractivity contribution is 0.0939. The number of para-hydroxylation sites is 1. The van der Waals surface area contributed by atoms with Crippen molar-refractivity contribution >= 4 is 27.5 Å². The zero-order valence-electron chi connectivity index (χ0n) is 11.5. The van der Waals surface area contributed by atoms with E-state index in [1.54, 1.807) is 0 Å². The van der Waals surface area contributed by atoms with Crippen molar-refractivity contribution in [3.05, 3.63) is 63.6 Å². The number of aryl methyl sites for hydroxylation is 1. The molecule has 0 aliphatic heterocycles. The first-order chi connectivity index (χ1) is 9.49. The Hall–Kier alpha value is -1.81. The molecule has 2 rings (SSSR count). The molecule has 0 radical (unpaired) electrons. The van der Waals surface area contributed by atoms with Gasteiger partial charge in [0, 0.05) is 15.7 Å². The Morgan fingerprint density at radius 1 is 1.25 bits per heavy atom. The van der Waals surface area contributed by atoms with Crippen molar-refractivity contribution in [3.63, 3.8) is 0 Å². The third-order valence-corrected chi connectivity index (χ3v) is 3.74. The lowest BCUT2D eigenvalue weighted by Gasteiger charge is -2.17. The maximum absolute atomic E-state index is 12.3. The van der Waals surface area contributed by atoms with Crippen molar-refractivity contribution < 1.29 is 4.79 Å². The van der Waals surface area contributed by atoms with Gasteiger partial charge in [-0.25, -0.2) is 0 Å². The summed E-state index contributed by atoms with van der Waals surface area (Å²) < 4.78 is 0.965. The minimum Gasteiger partial charge on any atom is -0.398 e. The van der Waals surface area contributed by atoms with E-state index in [4.69, 9.17) is 5.73 Å². The van der Waals surface area contributed by atoms with E-state index in [0.717, 1.165) is 15.6 Å². The van der Waals surface area contributed by atoms with Crippen LogP contribution < -0.4 is 11.1 Å². The Bertz CT molecular complexity index is 640. The fourth-order valence-electron chi connectivity index (χ4n) is 2.14. The third kappa shape index (κ3) is 3.20. The number of nitrogens with one attached hydrogen (secondary N) is 1. The minimum atomic E-state index is -0.133. The van der Waals surface area contributed by atoms with E-state index in [2.05, 4.69) is 21.2 Å². The van der Waals surface area contributed by atoms with Gasteiger partial charge in [0.1, 0.15) is 0 Å². The highest BCUT2D eigenvalue weighted by Gasteiger charge is 2.14. The lowest BCUT2D eigenvalue weighted by Crippen LogP contribution is -2.27. The standard InChI is InChI=1S/C16H17BrN2O/c1-10-9-12(17)7-8-13(10)16(20)19-11(2)14-5-3-4-6-15(14)18/h3-9,11H,18H2,1-2H3,(H,19,20). The predicted octanol–water partition coefficient (Wildman–Crippen LogP) is 3.83. The maximum atomic E-state index is 12.3. The Morgan fingerprint density at radius 2 is 1.95 bits per heavy atom. The minimum absolute atomic E-state index is 0.0919. The van der Waals surface area contributed by atoms with Crippen LogP contribution in [-0.4, -0.2) is 5.91 Å². The molecule has 104 valence electrons. The second-order valence-electron chi connectivity index (χ2n) is 4.78. The van der Waals surface area contributed by atoms with Gasteiger partial charge in [0.15, 0.2) is 0 Å². The molecule has 0 bridgehead atoms. The largest absolute Gasteiger partial charge is 0.398 e. The quantitative estimate of drug-likeness (QED) is 0.839. The number of hydrogen-bond donors (Lipinski definition) is 2. The van der Waals surface area contributed by atoms with Crippen LogP contribution in [0.5, 0.6) is 0 Å². The molecule has 20 heavy (non-hydrogen) atoms. The van der Waals surface area contributed by atoms with Gasteiger partial charge in [-0.2, -0.15) is 0 Å². The molecular formula is C16H17BrN2O. The summed E-state index contributed by atoms with van der Waals surface area (Å²) in [5.74, 6) is -0.0919. The summed E-state index contributed by atoms with van der Waals surface area (Å²) in [6, 6.07) is 13.0. The van der Waals surface area contributed by atoms with Crippen molar-refractivity contribution in [1.29, 1.82) is 0 Å². The smallest absolute Gasteiger partial charge is 0.252 e. The first-order valence-corrected chi connectivity index (χ1v) is 7.19. The van der Waals surface area contributed by atoms with Crippen LogP contribution in [-0.2, 0) is 0 Å². The molecule has 0 saturated carbocycles. The maximum Gasteiger partial charge on any atom is 0.252 e. The zero-order valence-corrected chi connectivity index (χ0v) is 13.1. The summed E-state index contributed by atoms with van der Waals surface area (Å²) in [6.45, 7) is 3.85. The van der Waals surface area contributed by atoms with E-state index in [-0.39, 0.29) is 11.9 Å². The summed E-state index contributed by atoms with van der Waals surface area (Å²) in [7, 11) is 0. The Kier molecular flexibility index (Phi) is 4.45. The van der Waals surface area contributed by atoms with Crippen LogP contribution in [0.4, 0.5) is 5.69 Å². The molecule has 0 aliphatic carbocycles.